The second-order valence-electron chi connectivity index (χ2n) is 7.16. The molecule has 2 aromatic carbocycles. The Morgan fingerprint density at radius 1 is 1.17 bits per heavy atom. The van der Waals surface area contributed by atoms with E-state index in [0.717, 1.165) is 60.7 Å². The Kier molecular flexibility index (Phi) is 5.52. The fourth-order valence-corrected chi connectivity index (χ4v) is 3.58. The Balaban J connectivity index is 1.74. The summed E-state index contributed by atoms with van der Waals surface area (Å²) in [6.07, 6.45) is 0. The lowest BCUT2D eigenvalue weighted by Crippen LogP contribution is -2.35. The van der Waals surface area contributed by atoms with Crippen LogP contribution < -0.4 is 5.32 Å². The molecular weight excluding hydrogens is 364 g/mol. The molecule has 4 rings (SSSR count). The number of nitrogens with zero attached hydrogens (tertiary/aromatic N) is 3. The van der Waals surface area contributed by atoms with E-state index in [-0.39, 0.29) is 5.91 Å². The molecule has 1 aliphatic rings. The van der Waals surface area contributed by atoms with Gasteiger partial charge in [0.25, 0.3) is 0 Å². The molecule has 1 aromatic heterocycles. The number of benzene rings is 2. The van der Waals surface area contributed by atoms with Crippen LogP contribution in [0.3, 0.4) is 0 Å². The van der Waals surface area contributed by atoms with E-state index in [0.29, 0.717) is 5.56 Å². The number of amides is 1. The number of fused-ring (bicyclic) bond motifs is 1. The number of carbonyl (C=O) groups excluding carboxylic acids is 1. The molecule has 0 unspecified atom stereocenters. The second-order valence-corrected chi connectivity index (χ2v) is 7.16. The molecule has 1 fully saturated rings. The Labute approximate surface area is 169 Å². The average molecular weight is 386 g/mol. The van der Waals surface area contributed by atoms with Gasteiger partial charge < -0.3 is 10.1 Å². The number of nitrogens with one attached hydrogen (secondary N) is 1. The summed E-state index contributed by atoms with van der Waals surface area (Å²) in [5, 5.41) is 13.1. The van der Waals surface area contributed by atoms with Crippen LogP contribution in [0.5, 0.6) is 0 Å². The Bertz CT molecular complexity index is 1080. The Morgan fingerprint density at radius 3 is 2.62 bits per heavy atom. The lowest BCUT2D eigenvalue weighted by Gasteiger charge is -2.27. The van der Waals surface area contributed by atoms with E-state index in [1.54, 1.807) is 0 Å². The van der Waals surface area contributed by atoms with Gasteiger partial charge in [-0.1, -0.05) is 18.2 Å². The summed E-state index contributed by atoms with van der Waals surface area (Å²) in [4.78, 5) is 18.4. The van der Waals surface area contributed by atoms with Gasteiger partial charge in [0, 0.05) is 43.2 Å². The van der Waals surface area contributed by atoms with Crippen molar-refractivity contribution < 1.29 is 9.53 Å². The molecule has 1 amide bonds. The van der Waals surface area contributed by atoms with Crippen LogP contribution in [0.15, 0.2) is 48.5 Å². The second kappa shape index (κ2) is 8.39. The molecule has 29 heavy (non-hydrogen) atoms. The summed E-state index contributed by atoms with van der Waals surface area (Å²) in [5.74, 6) is -0.0987. The third-order valence-corrected chi connectivity index (χ3v) is 5.02. The standard InChI is InChI=1S/C23H22N4O2/c1-16(28)25-20-5-3-18(4-6-20)22-13-19(15-27-8-10-29-11-9-27)21-7-2-17(14-24)12-23(21)26-22/h2-7,12-13H,8-11,15H2,1H3,(H,25,28). The van der Waals surface area contributed by atoms with Crippen molar-refractivity contribution in [1.29, 1.82) is 5.26 Å². The number of rotatable bonds is 4. The number of carbonyl (C=O) groups is 1. The fraction of sp³-hybridized carbons (Fsp3) is 0.261. The van der Waals surface area contributed by atoms with Crippen LogP contribution in [-0.2, 0) is 16.1 Å². The molecule has 146 valence electrons. The Morgan fingerprint density at radius 2 is 1.93 bits per heavy atom. The van der Waals surface area contributed by atoms with E-state index in [9.17, 15) is 10.1 Å². The summed E-state index contributed by atoms with van der Waals surface area (Å²) in [5.41, 5.74) is 5.16. The maximum Gasteiger partial charge on any atom is 0.221 e. The molecule has 0 radical (unpaired) electrons. The number of ether oxygens (including phenoxy) is 1. The first kappa shape index (κ1) is 19.1. The summed E-state index contributed by atoms with van der Waals surface area (Å²) in [6, 6.07) is 17.6. The molecule has 0 aliphatic carbocycles. The minimum absolute atomic E-state index is 0.0987. The molecule has 3 aromatic rings. The summed E-state index contributed by atoms with van der Waals surface area (Å²) >= 11 is 0. The van der Waals surface area contributed by atoms with E-state index in [2.05, 4.69) is 22.4 Å². The van der Waals surface area contributed by atoms with Crippen LogP contribution in [0.1, 0.15) is 18.1 Å². The maximum absolute atomic E-state index is 11.2. The lowest BCUT2D eigenvalue weighted by molar-refractivity contribution is -0.114. The van der Waals surface area contributed by atoms with Gasteiger partial charge in [0.15, 0.2) is 0 Å². The molecular formula is C23H22N4O2. The monoisotopic (exact) mass is 386 g/mol. The number of anilines is 1. The first-order valence-electron chi connectivity index (χ1n) is 9.64. The van der Waals surface area contributed by atoms with E-state index < -0.39 is 0 Å². The van der Waals surface area contributed by atoms with Crippen LogP contribution >= 0.6 is 0 Å². The van der Waals surface area contributed by atoms with E-state index >= 15 is 0 Å². The van der Waals surface area contributed by atoms with Crippen LogP contribution in [0.2, 0.25) is 0 Å². The maximum atomic E-state index is 11.2. The number of hydrogen-bond donors (Lipinski definition) is 1. The number of nitriles is 1. The van der Waals surface area contributed by atoms with Gasteiger partial charge in [-0.25, -0.2) is 4.98 Å². The van der Waals surface area contributed by atoms with Crippen molar-refractivity contribution in [1.82, 2.24) is 9.88 Å². The van der Waals surface area contributed by atoms with Gasteiger partial charge in [-0.3, -0.25) is 9.69 Å². The van der Waals surface area contributed by atoms with Gasteiger partial charge in [-0.15, -0.1) is 0 Å². The molecule has 0 bridgehead atoms. The number of morpholine rings is 1. The van der Waals surface area contributed by atoms with Gasteiger partial charge in [-0.05, 0) is 35.9 Å². The quantitative estimate of drug-likeness (QED) is 0.742. The van der Waals surface area contributed by atoms with E-state index in [1.165, 1.54) is 12.5 Å². The highest BCUT2D eigenvalue weighted by Gasteiger charge is 2.15. The smallest absolute Gasteiger partial charge is 0.221 e. The minimum atomic E-state index is -0.0987. The molecule has 0 spiro atoms. The molecule has 0 saturated carbocycles. The number of aromatic nitrogens is 1. The normalized spacial score (nSPS) is 14.5. The molecule has 6 heteroatoms. The highest BCUT2D eigenvalue weighted by Crippen LogP contribution is 2.27. The molecule has 1 saturated heterocycles. The highest BCUT2D eigenvalue weighted by atomic mass is 16.5. The summed E-state index contributed by atoms with van der Waals surface area (Å²) in [6.45, 7) is 5.61. The van der Waals surface area contributed by atoms with Crippen molar-refractivity contribution in [3.63, 3.8) is 0 Å². The summed E-state index contributed by atoms with van der Waals surface area (Å²) < 4.78 is 5.47. The predicted octanol–water partition coefficient (Wildman–Crippen LogP) is 3.56. The van der Waals surface area contributed by atoms with Gasteiger partial charge in [0.05, 0.1) is 36.1 Å². The van der Waals surface area contributed by atoms with Gasteiger partial charge in [-0.2, -0.15) is 5.26 Å². The van der Waals surface area contributed by atoms with E-state index in [4.69, 9.17) is 9.72 Å². The van der Waals surface area contributed by atoms with Gasteiger partial charge in [0.2, 0.25) is 5.91 Å². The SMILES string of the molecule is CC(=O)Nc1ccc(-c2cc(CN3CCOCC3)c3ccc(C#N)cc3n2)cc1. The first-order valence-corrected chi connectivity index (χ1v) is 9.64. The van der Waals surface area contributed by atoms with Crippen molar-refractivity contribution in [2.75, 3.05) is 31.6 Å². The van der Waals surface area contributed by atoms with E-state index in [1.807, 2.05) is 42.5 Å². The zero-order valence-corrected chi connectivity index (χ0v) is 16.3. The van der Waals surface area contributed by atoms with Crippen LogP contribution in [0.4, 0.5) is 5.69 Å². The Hall–Kier alpha value is -3.27. The number of hydrogen-bond acceptors (Lipinski definition) is 5. The molecule has 6 nitrogen and oxygen atoms in total. The predicted molar refractivity (Wildman–Crippen MR) is 112 cm³/mol. The highest BCUT2D eigenvalue weighted by molar-refractivity contribution is 5.89. The zero-order valence-electron chi connectivity index (χ0n) is 16.3. The molecule has 0 atom stereocenters. The van der Waals surface area contributed by atoms with Crippen molar-refractivity contribution in [2.45, 2.75) is 13.5 Å². The summed E-state index contributed by atoms with van der Waals surface area (Å²) in [7, 11) is 0. The van der Waals surface area contributed by atoms with Crippen LogP contribution in [0.25, 0.3) is 22.2 Å². The minimum Gasteiger partial charge on any atom is -0.379 e. The van der Waals surface area contributed by atoms with Crippen molar-refractivity contribution in [2.24, 2.45) is 0 Å². The molecule has 1 N–H and O–H groups in total. The zero-order chi connectivity index (χ0) is 20.2. The van der Waals surface area contributed by atoms with Crippen LogP contribution in [-0.4, -0.2) is 42.1 Å². The molecule has 2 heterocycles. The fourth-order valence-electron chi connectivity index (χ4n) is 3.58. The molecule has 1 aliphatic heterocycles. The average Bonchev–Trinajstić information content (AvgIpc) is 2.74. The first-order chi connectivity index (χ1) is 14.1. The largest absolute Gasteiger partial charge is 0.379 e. The topological polar surface area (TPSA) is 78.3 Å². The van der Waals surface area contributed by atoms with Gasteiger partial charge >= 0.3 is 0 Å². The van der Waals surface area contributed by atoms with Crippen LogP contribution in [0, 0.1) is 11.3 Å². The van der Waals surface area contributed by atoms with Crippen molar-refractivity contribution in [3.8, 4) is 17.3 Å². The lowest BCUT2D eigenvalue weighted by atomic mass is 10.0. The van der Waals surface area contributed by atoms with Gasteiger partial charge in [0.1, 0.15) is 0 Å². The van der Waals surface area contributed by atoms with Crippen molar-refractivity contribution >= 4 is 22.5 Å². The third kappa shape index (κ3) is 4.43. The third-order valence-electron chi connectivity index (χ3n) is 5.02. The van der Waals surface area contributed by atoms with Crippen molar-refractivity contribution in [3.05, 3.63) is 59.7 Å². The number of pyridine rings is 1.